The summed E-state index contributed by atoms with van der Waals surface area (Å²) < 4.78 is 0. The summed E-state index contributed by atoms with van der Waals surface area (Å²) >= 11 is 0. The van der Waals surface area contributed by atoms with Gasteiger partial charge in [-0.15, -0.1) is 0 Å². The molecule has 23 heavy (non-hydrogen) atoms. The fourth-order valence-electron chi connectivity index (χ4n) is 4.36. The molecule has 0 N–H and O–H groups in total. The van der Waals surface area contributed by atoms with Crippen LogP contribution in [-0.4, -0.2) is 17.6 Å². The lowest BCUT2D eigenvalue weighted by molar-refractivity contribution is 0.282. The van der Waals surface area contributed by atoms with Crippen LogP contribution in [0.25, 0.3) is 0 Å². The highest BCUT2D eigenvalue weighted by molar-refractivity contribution is 5.62. The Balaban J connectivity index is 1.83. The van der Waals surface area contributed by atoms with Crippen molar-refractivity contribution in [1.29, 1.82) is 0 Å². The van der Waals surface area contributed by atoms with E-state index >= 15 is 0 Å². The van der Waals surface area contributed by atoms with Crippen molar-refractivity contribution < 1.29 is 0 Å². The standard InChI is InChI=1S/C21H28N2/c1-14-9-16(3)20(17(4)10-14)22-7-8-23(13-22)21-18(5)11-15(2)12-19(21)6/h7-12,16,20H,13H2,1-6H3/t16-,20?/m0/s1. The van der Waals surface area contributed by atoms with E-state index in [1.54, 1.807) is 0 Å². The van der Waals surface area contributed by atoms with E-state index in [4.69, 9.17) is 0 Å². The van der Waals surface area contributed by atoms with Crippen LogP contribution in [0.2, 0.25) is 0 Å². The van der Waals surface area contributed by atoms with E-state index in [0.29, 0.717) is 12.0 Å². The molecule has 0 radical (unpaired) electrons. The maximum Gasteiger partial charge on any atom is 0.0948 e. The molecule has 0 bridgehead atoms. The molecule has 1 aliphatic heterocycles. The minimum atomic E-state index is 0.464. The number of anilines is 1. The summed E-state index contributed by atoms with van der Waals surface area (Å²) in [5.41, 5.74) is 8.25. The molecule has 1 aliphatic carbocycles. The van der Waals surface area contributed by atoms with E-state index in [1.165, 1.54) is 33.5 Å². The van der Waals surface area contributed by atoms with Gasteiger partial charge in [-0.3, -0.25) is 0 Å². The average molecular weight is 308 g/mol. The number of allylic oxidation sites excluding steroid dienone is 2. The summed E-state index contributed by atoms with van der Waals surface area (Å²) in [7, 11) is 0. The largest absolute Gasteiger partial charge is 0.351 e. The number of aryl methyl sites for hydroxylation is 3. The lowest BCUT2D eigenvalue weighted by atomic mass is 9.87. The van der Waals surface area contributed by atoms with Gasteiger partial charge in [0.2, 0.25) is 0 Å². The average Bonchev–Trinajstić information content (AvgIpc) is 2.85. The fraction of sp³-hybridized carbons (Fsp3) is 0.429. The number of rotatable bonds is 2. The van der Waals surface area contributed by atoms with Crippen molar-refractivity contribution in [3.05, 3.63) is 64.5 Å². The Morgan fingerprint density at radius 3 is 2.22 bits per heavy atom. The van der Waals surface area contributed by atoms with Gasteiger partial charge in [-0.2, -0.15) is 0 Å². The Kier molecular flexibility index (Phi) is 4.09. The van der Waals surface area contributed by atoms with Gasteiger partial charge in [0.1, 0.15) is 0 Å². The first-order valence-electron chi connectivity index (χ1n) is 8.52. The highest BCUT2D eigenvalue weighted by Gasteiger charge is 2.29. The van der Waals surface area contributed by atoms with Gasteiger partial charge in [-0.1, -0.05) is 47.9 Å². The number of hydrogen-bond acceptors (Lipinski definition) is 2. The molecule has 1 heterocycles. The van der Waals surface area contributed by atoms with Crippen molar-refractivity contribution >= 4 is 5.69 Å². The second-order valence-corrected chi connectivity index (χ2v) is 7.27. The molecule has 122 valence electrons. The topological polar surface area (TPSA) is 6.48 Å². The van der Waals surface area contributed by atoms with E-state index in [9.17, 15) is 0 Å². The second-order valence-electron chi connectivity index (χ2n) is 7.27. The molecule has 0 saturated carbocycles. The minimum absolute atomic E-state index is 0.464. The van der Waals surface area contributed by atoms with Gasteiger partial charge in [-0.05, 0) is 51.7 Å². The lowest BCUT2D eigenvalue weighted by Gasteiger charge is -2.36. The highest BCUT2D eigenvalue weighted by atomic mass is 15.4. The van der Waals surface area contributed by atoms with Crippen molar-refractivity contribution in [1.82, 2.24) is 4.90 Å². The summed E-state index contributed by atoms with van der Waals surface area (Å²) in [5.74, 6) is 0.546. The molecule has 0 fully saturated rings. The van der Waals surface area contributed by atoms with Crippen molar-refractivity contribution in [3.63, 3.8) is 0 Å². The summed E-state index contributed by atoms with van der Waals surface area (Å²) in [5, 5.41) is 0. The SMILES string of the molecule is CC1=C[C@H](C)C(N2C=CN(c3c(C)cc(C)cc3C)C2)C(C)=C1. The molecule has 3 rings (SSSR count). The van der Waals surface area contributed by atoms with E-state index in [1.807, 2.05) is 0 Å². The van der Waals surface area contributed by atoms with E-state index in [-0.39, 0.29) is 0 Å². The summed E-state index contributed by atoms with van der Waals surface area (Å²) in [6.45, 7) is 14.3. The number of benzene rings is 1. The molecule has 1 unspecified atom stereocenters. The first kappa shape index (κ1) is 15.9. The Morgan fingerprint density at radius 2 is 1.61 bits per heavy atom. The van der Waals surface area contributed by atoms with Gasteiger partial charge >= 0.3 is 0 Å². The third kappa shape index (κ3) is 2.95. The van der Waals surface area contributed by atoms with Crippen molar-refractivity contribution in [2.45, 2.75) is 47.6 Å². The second kappa shape index (κ2) is 5.92. The van der Waals surface area contributed by atoms with Crippen LogP contribution < -0.4 is 4.90 Å². The third-order valence-electron chi connectivity index (χ3n) is 4.98. The Hall–Kier alpha value is -1.96. The zero-order chi connectivity index (χ0) is 16.7. The van der Waals surface area contributed by atoms with Crippen LogP contribution >= 0.6 is 0 Å². The quantitative estimate of drug-likeness (QED) is 0.752. The molecule has 0 saturated heterocycles. The van der Waals surface area contributed by atoms with Crippen LogP contribution in [0.1, 0.15) is 37.5 Å². The summed E-state index contributed by atoms with van der Waals surface area (Å²) in [4.78, 5) is 4.85. The number of nitrogens with zero attached hydrogens (tertiary/aromatic N) is 2. The molecule has 0 aromatic heterocycles. The molecule has 2 aliphatic rings. The predicted molar refractivity (Wildman–Crippen MR) is 99.4 cm³/mol. The third-order valence-corrected chi connectivity index (χ3v) is 4.98. The predicted octanol–water partition coefficient (Wildman–Crippen LogP) is 5.07. The zero-order valence-corrected chi connectivity index (χ0v) is 15.2. The van der Waals surface area contributed by atoms with Crippen LogP contribution in [0.3, 0.4) is 0 Å². The monoisotopic (exact) mass is 308 g/mol. The Labute approximate surface area is 140 Å². The van der Waals surface area contributed by atoms with Crippen molar-refractivity contribution in [2.75, 3.05) is 11.6 Å². The van der Waals surface area contributed by atoms with Crippen LogP contribution in [0.15, 0.2) is 47.8 Å². The maximum atomic E-state index is 2.47. The molecule has 2 nitrogen and oxygen atoms in total. The lowest BCUT2D eigenvalue weighted by Crippen LogP contribution is -2.40. The first-order chi connectivity index (χ1) is 10.9. The fourth-order valence-corrected chi connectivity index (χ4v) is 4.36. The van der Waals surface area contributed by atoms with Crippen LogP contribution in [0, 0.1) is 26.7 Å². The summed E-state index contributed by atoms with van der Waals surface area (Å²) in [6.07, 6.45) is 9.20. The van der Waals surface area contributed by atoms with Gasteiger partial charge in [0.15, 0.2) is 0 Å². The normalized spacial score (nSPS) is 24.1. The van der Waals surface area contributed by atoms with Gasteiger partial charge in [0.25, 0.3) is 0 Å². The van der Waals surface area contributed by atoms with Crippen LogP contribution in [0.5, 0.6) is 0 Å². The van der Waals surface area contributed by atoms with Gasteiger partial charge in [-0.25, -0.2) is 0 Å². The van der Waals surface area contributed by atoms with E-state index in [0.717, 1.165) is 6.67 Å². The van der Waals surface area contributed by atoms with Crippen molar-refractivity contribution in [3.8, 4) is 0 Å². The molecule has 1 aromatic rings. The van der Waals surface area contributed by atoms with Crippen LogP contribution in [-0.2, 0) is 0 Å². The molecular formula is C21H28N2. The molecule has 2 heteroatoms. The zero-order valence-electron chi connectivity index (χ0n) is 15.2. The van der Waals surface area contributed by atoms with E-state index < -0.39 is 0 Å². The minimum Gasteiger partial charge on any atom is -0.351 e. The smallest absolute Gasteiger partial charge is 0.0948 e. The number of hydrogen-bond donors (Lipinski definition) is 0. The molecule has 0 spiro atoms. The molecule has 1 aromatic carbocycles. The van der Waals surface area contributed by atoms with Gasteiger partial charge in [0, 0.05) is 18.1 Å². The molecule has 2 atom stereocenters. The summed E-state index contributed by atoms with van der Waals surface area (Å²) in [6, 6.07) is 5.02. The van der Waals surface area contributed by atoms with Gasteiger partial charge in [0.05, 0.1) is 12.7 Å². The maximum absolute atomic E-state index is 2.47. The van der Waals surface area contributed by atoms with Crippen LogP contribution in [0.4, 0.5) is 5.69 Å². The van der Waals surface area contributed by atoms with E-state index in [2.05, 4.69) is 88.0 Å². The molecule has 0 amide bonds. The Morgan fingerprint density at radius 1 is 0.957 bits per heavy atom. The Bertz CT molecular complexity index is 686. The molecular weight excluding hydrogens is 280 g/mol. The van der Waals surface area contributed by atoms with Gasteiger partial charge < -0.3 is 9.80 Å². The first-order valence-corrected chi connectivity index (χ1v) is 8.52. The highest BCUT2D eigenvalue weighted by Crippen LogP contribution is 2.33. The van der Waals surface area contributed by atoms with Crippen molar-refractivity contribution in [2.24, 2.45) is 5.92 Å².